The van der Waals surface area contributed by atoms with E-state index in [4.69, 9.17) is 4.74 Å². The van der Waals surface area contributed by atoms with E-state index in [9.17, 15) is 0 Å². The van der Waals surface area contributed by atoms with Crippen LogP contribution < -0.4 is 10.1 Å². The van der Waals surface area contributed by atoms with Gasteiger partial charge in [0.05, 0.1) is 17.5 Å². The van der Waals surface area contributed by atoms with Crippen molar-refractivity contribution in [1.82, 2.24) is 9.55 Å². The molecule has 0 saturated heterocycles. The van der Waals surface area contributed by atoms with E-state index in [1.165, 1.54) is 0 Å². The molecule has 0 aliphatic rings. The molecule has 0 spiro atoms. The molecular formula is C15H21N3O. The van der Waals surface area contributed by atoms with Crippen LogP contribution in [0.1, 0.15) is 26.0 Å². The van der Waals surface area contributed by atoms with Gasteiger partial charge in [0.15, 0.2) is 0 Å². The van der Waals surface area contributed by atoms with Crippen molar-refractivity contribution in [3.8, 4) is 11.4 Å². The van der Waals surface area contributed by atoms with Gasteiger partial charge in [-0.3, -0.25) is 4.57 Å². The topological polar surface area (TPSA) is 39.1 Å². The number of imidazole rings is 1. The summed E-state index contributed by atoms with van der Waals surface area (Å²) in [5.41, 5.74) is 2.03. The number of benzene rings is 1. The SMILES string of the molecule is CCC(C)Oc1cccc(-n2cc(C)nc2NC)c1. The van der Waals surface area contributed by atoms with Gasteiger partial charge in [0.2, 0.25) is 5.95 Å². The summed E-state index contributed by atoms with van der Waals surface area (Å²) in [5.74, 6) is 1.72. The van der Waals surface area contributed by atoms with Gasteiger partial charge < -0.3 is 10.1 Å². The molecule has 0 saturated carbocycles. The van der Waals surface area contributed by atoms with Crippen LogP contribution in [0, 0.1) is 6.92 Å². The number of anilines is 1. The average Bonchev–Trinajstić information content (AvgIpc) is 2.80. The van der Waals surface area contributed by atoms with Crippen LogP contribution >= 0.6 is 0 Å². The lowest BCUT2D eigenvalue weighted by Gasteiger charge is -2.14. The van der Waals surface area contributed by atoms with Crippen LogP contribution in [0.4, 0.5) is 5.95 Å². The molecule has 0 fully saturated rings. The molecule has 0 aliphatic carbocycles. The maximum atomic E-state index is 5.85. The van der Waals surface area contributed by atoms with Crippen molar-refractivity contribution in [2.45, 2.75) is 33.3 Å². The summed E-state index contributed by atoms with van der Waals surface area (Å²) >= 11 is 0. The molecule has 0 aliphatic heterocycles. The van der Waals surface area contributed by atoms with E-state index in [0.29, 0.717) is 0 Å². The fraction of sp³-hybridized carbons (Fsp3) is 0.400. The summed E-state index contributed by atoms with van der Waals surface area (Å²) in [5, 5.41) is 3.10. The largest absolute Gasteiger partial charge is 0.491 e. The lowest BCUT2D eigenvalue weighted by Crippen LogP contribution is -2.10. The van der Waals surface area contributed by atoms with Crippen molar-refractivity contribution in [2.75, 3.05) is 12.4 Å². The molecule has 102 valence electrons. The van der Waals surface area contributed by atoms with E-state index in [2.05, 4.69) is 24.1 Å². The maximum Gasteiger partial charge on any atom is 0.207 e. The van der Waals surface area contributed by atoms with E-state index < -0.39 is 0 Å². The highest BCUT2D eigenvalue weighted by Crippen LogP contribution is 2.22. The first-order chi connectivity index (χ1) is 9.13. The van der Waals surface area contributed by atoms with Crippen LogP contribution in [-0.4, -0.2) is 22.7 Å². The fourth-order valence-electron chi connectivity index (χ4n) is 1.89. The van der Waals surface area contributed by atoms with Gasteiger partial charge >= 0.3 is 0 Å². The molecule has 4 heteroatoms. The standard InChI is InChI=1S/C15H21N3O/c1-5-12(3)19-14-8-6-7-13(9-14)18-10-11(2)17-15(18)16-4/h6-10,12H,5H2,1-4H3,(H,16,17). The quantitative estimate of drug-likeness (QED) is 0.894. The van der Waals surface area contributed by atoms with Crippen LogP contribution in [-0.2, 0) is 0 Å². The molecule has 0 radical (unpaired) electrons. The van der Waals surface area contributed by atoms with Gasteiger partial charge in [-0.2, -0.15) is 0 Å². The molecule has 1 aromatic carbocycles. The molecule has 2 rings (SSSR count). The Bertz CT molecular complexity index is 548. The molecule has 1 aromatic heterocycles. The van der Waals surface area contributed by atoms with Gasteiger partial charge in [-0.15, -0.1) is 0 Å². The first-order valence-electron chi connectivity index (χ1n) is 6.65. The second-order valence-corrected chi connectivity index (χ2v) is 4.66. The zero-order chi connectivity index (χ0) is 13.8. The van der Waals surface area contributed by atoms with Crippen molar-refractivity contribution < 1.29 is 4.74 Å². The van der Waals surface area contributed by atoms with Crippen LogP contribution in [0.25, 0.3) is 5.69 Å². The third kappa shape index (κ3) is 3.08. The minimum atomic E-state index is 0.226. The minimum absolute atomic E-state index is 0.226. The molecule has 4 nitrogen and oxygen atoms in total. The number of ether oxygens (including phenoxy) is 1. The minimum Gasteiger partial charge on any atom is -0.491 e. The van der Waals surface area contributed by atoms with Crippen LogP contribution in [0.3, 0.4) is 0 Å². The van der Waals surface area contributed by atoms with E-state index in [1.807, 2.05) is 49.0 Å². The molecule has 1 heterocycles. The van der Waals surface area contributed by atoms with Crippen LogP contribution in [0.2, 0.25) is 0 Å². The number of aromatic nitrogens is 2. The second kappa shape index (κ2) is 5.78. The Labute approximate surface area is 114 Å². The normalized spacial score (nSPS) is 12.2. The molecule has 0 bridgehead atoms. The van der Waals surface area contributed by atoms with Crippen molar-refractivity contribution in [2.24, 2.45) is 0 Å². The first kappa shape index (κ1) is 13.5. The average molecular weight is 259 g/mol. The highest BCUT2D eigenvalue weighted by atomic mass is 16.5. The summed E-state index contributed by atoms with van der Waals surface area (Å²) in [6, 6.07) is 8.07. The lowest BCUT2D eigenvalue weighted by molar-refractivity contribution is 0.217. The molecule has 1 N–H and O–H groups in total. The monoisotopic (exact) mass is 259 g/mol. The zero-order valence-electron chi connectivity index (χ0n) is 12.0. The van der Waals surface area contributed by atoms with Crippen LogP contribution in [0.5, 0.6) is 5.75 Å². The van der Waals surface area contributed by atoms with Gasteiger partial charge in [0.1, 0.15) is 5.75 Å². The maximum absolute atomic E-state index is 5.85. The summed E-state index contributed by atoms with van der Waals surface area (Å²) in [7, 11) is 1.87. The summed E-state index contributed by atoms with van der Waals surface area (Å²) in [6.45, 7) is 6.18. The number of rotatable bonds is 5. The third-order valence-corrected chi connectivity index (χ3v) is 3.06. The zero-order valence-corrected chi connectivity index (χ0v) is 12.0. The fourth-order valence-corrected chi connectivity index (χ4v) is 1.89. The van der Waals surface area contributed by atoms with Crippen molar-refractivity contribution in [3.05, 3.63) is 36.2 Å². The molecule has 1 unspecified atom stereocenters. The number of hydrogen-bond donors (Lipinski definition) is 1. The van der Waals surface area contributed by atoms with Crippen molar-refractivity contribution in [1.29, 1.82) is 0 Å². The predicted molar refractivity (Wildman–Crippen MR) is 78.2 cm³/mol. The summed E-state index contributed by atoms with van der Waals surface area (Å²) < 4.78 is 7.88. The number of aryl methyl sites for hydroxylation is 1. The molecule has 19 heavy (non-hydrogen) atoms. The van der Waals surface area contributed by atoms with Crippen molar-refractivity contribution in [3.63, 3.8) is 0 Å². The highest BCUT2D eigenvalue weighted by Gasteiger charge is 2.07. The molecular weight excluding hydrogens is 238 g/mol. The van der Waals surface area contributed by atoms with E-state index in [1.54, 1.807) is 0 Å². The van der Waals surface area contributed by atoms with E-state index >= 15 is 0 Å². The Hall–Kier alpha value is -1.97. The highest BCUT2D eigenvalue weighted by molar-refractivity contribution is 5.46. The lowest BCUT2D eigenvalue weighted by atomic mass is 10.2. The summed E-state index contributed by atoms with van der Waals surface area (Å²) in [4.78, 5) is 4.42. The molecule has 2 aromatic rings. The third-order valence-electron chi connectivity index (χ3n) is 3.06. The van der Waals surface area contributed by atoms with Gasteiger partial charge in [0, 0.05) is 19.3 Å². The smallest absolute Gasteiger partial charge is 0.207 e. The van der Waals surface area contributed by atoms with E-state index in [0.717, 1.165) is 29.5 Å². The van der Waals surface area contributed by atoms with Crippen molar-refractivity contribution >= 4 is 5.95 Å². The van der Waals surface area contributed by atoms with Crippen LogP contribution in [0.15, 0.2) is 30.5 Å². The Morgan fingerprint density at radius 2 is 2.21 bits per heavy atom. The second-order valence-electron chi connectivity index (χ2n) is 4.66. The number of nitrogens with one attached hydrogen (secondary N) is 1. The Kier molecular flexibility index (Phi) is 4.10. The Balaban J connectivity index is 2.32. The van der Waals surface area contributed by atoms with Gasteiger partial charge in [0.25, 0.3) is 0 Å². The first-order valence-corrected chi connectivity index (χ1v) is 6.65. The Morgan fingerprint density at radius 1 is 1.42 bits per heavy atom. The Morgan fingerprint density at radius 3 is 2.89 bits per heavy atom. The summed E-state index contributed by atoms with van der Waals surface area (Å²) in [6.07, 6.45) is 3.23. The van der Waals surface area contributed by atoms with Gasteiger partial charge in [-0.25, -0.2) is 4.98 Å². The molecule has 0 amide bonds. The molecule has 1 atom stereocenters. The van der Waals surface area contributed by atoms with E-state index in [-0.39, 0.29) is 6.10 Å². The number of hydrogen-bond acceptors (Lipinski definition) is 3. The van der Waals surface area contributed by atoms with Gasteiger partial charge in [-0.05, 0) is 32.4 Å². The van der Waals surface area contributed by atoms with Gasteiger partial charge in [-0.1, -0.05) is 13.0 Å². The predicted octanol–water partition coefficient (Wildman–Crippen LogP) is 3.40. The number of nitrogens with zero attached hydrogens (tertiary/aromatic N) is 2.